The summed E-state index contributed by atoms with van der Waals surface area (Å²) in [6.07, 6.45) is 1.82. The Balaban J connectivity index is 2.56. The van der Waals surface area contributed by atoms with Crippen LogP contribution in [0.15, 0.2) is 12.1 Å². The van der Waals surface area contributed by atoms with Crippen molar-refractivity contribution >= 4 is 0 Å². The van der Waals surface area contributed by atoms with Gasteiger partial charge in [0.05, 0.1) is 0 Å². The van der Waals surface area contributed by atoms with Crippen molar-refractivity contribution in [1.82, 2.24) is 0 Å². The van der Waals surface area contributed by atoms with E-state index in [9.17, 15) is 4.39 Å². The van der Waals surface area contributed by atoms with Crippen molar-refractivity contribution < 1.29 is 4.39 Å². The van der Waals surface area contributed by atoms with Gasteiger partial charge in [-0.3, -0.25) is 0 Å². The Bertz CT molecular complexity index is 353. The topological polar surface area (TPSA) is 26.0 Å². The molecule has 2 N–H and O–H groups in total. The van der Waals surface area contributed by atoms with Crippen molar-refractivity contribution in [2.24, 2.45) is 5.73 Å². The molecule has 0 radical (unpaired) electrons. The minimum absolute atomic E-state index is 0.120. The third-order valence-electron chi connectivity index (χ3n) is 2.72. The van der Waals surface area contributed by atoms with Crippen molar-refractivity contribution in [2.75, 3.05) is 0 Å². The van der Waals surface area contributed by atoms with Crippen LogP contribution in [0.4, 0.5) is 4.39 Å². The van der Waals surface area contributed by atoms with Crippen LogP contribution in [-0.4, -0.2) is 0 Å². The van der Waals surface area contributed by atoms with Crippen molar-refractivity contribution in [2.45, 2.75) is 32.2 Å². The summed E-state index contributed by atoms with van der Waals surface area (Å²) in [5.74, 6) is -0.120. The molecule has 0 atom stereocenters. The first kappa shape index (κ1) is 8.70. The zero-order chi connectivity index (χ0) is 9.64. The molecular weight excluding hydrogens is 165 g/mol. The molecule has 13 heavy (non-hydrogen) atoms. The fourth-order valence-electron chi connectivity index (χ4n) is 1.72. The number of rotatable bonds is 1. The molecule has 2 rings (SSSR count). The number of hydrogen-bond donors (Lipinski definition) is 1. The van der Waals surface area contributed by atoms with Gasteiger partial charge < -0.3 is 5.73 Å². The second kappa shape index (κ2) is 2.55. The number of nitrogens with two attached hydrogens (primary N) is 1. The number of hydrogen-bond acceptors (Lipinski definition) is 1. The molecule has 1 aliphatic carbocycles. The van der Waals surface area contributed by atoms with Crippen molar-refractivity contribution in [3.63, 3.8) is 0 Å². The van der Waals surface area contributed by atoms with Gasteiger partial charge in [-0.05, 0) is 32.3 Å². The lowest BCUT2D eigenvalue weighted by Crippen LogP contribution is -2.21. The van der Waals surface area contributed by atoms with Gasteiger partial charge in [0.25, 0.3) is 0 Å². The van der Waals surface area contributed by atoms with E-state index < -0.39 is 0 Å². The molecule has 0 spiro atoms. The summed E-state index contributed by atoms with van der Waals surface area (Å²) in [5.41, 5.74) is 8.09. The van der Waals surface area contributed by atoms with E-state index in [1.165, 1.54) is 0 Å². The fourth-order valence-corrected chi connectivity index (χ4v) is 1.72. The average Bonchev–Trinajstić information content (AvgIpc) is 2.77. The van der Waals surface area contributed by atoms with Crippen molar-refractivity contribution in [1.29, 1.82) is 0 Å². The smallest absolute Gasteiger partial charge is 0.131 e. The summed E-state index contributed by atoms with van der Waals surface area (Å²) in [5, 5.41) is 0. The van der Waals surface area contributed by atoms with Crippen LogP contribution < -0.4 is 5.73 Å². The lowest BCUT2D eigenvalue weighted by atomic mass is 9.99. The van der Waals surface area contributed by atoms with Crippen molar-refractivity contribution in [3.05, 3.63) is 34.6 Å². The number of aryl methyl sites for hydroxylation is 2. The van der Waals surface area contributed by atoms with Crippen LogP contribution in [0.3, 0.4) is 0 Å². The minimum Gasteiger partial charge on any atom is -0.321 e. The van der Waals surface area contributed by atoms with Gasteiger partial charge in [0.1, 0.15) is 5.82 Å². The van der Waals surface area contributed by atoms with E-state index in [0.717, 1.165) is 18.4 Å². The van der Waals surface area contributed by atoms with Crippen LogP contribution in [0, 0.1) is 19.7 Å². The summed E-state index contributed by atoms with van der Waals surface area (Å²) in [6, 6.07) is 3.72. The zero-order valence-corrected chi connectivity index (χ0v) is 8.02. The Hall–Kier alpha value is -0.890. The first-order valence-electron chi connectivity index (χ1n) is 4.59. The van der Waals surface area contributed by atoms with Gasteiger partial charge in [-0.15, -0.1) is 0 Å². The highest BCUT2D eigenvalue weighted by Gasteiger charge is 2.42. The molecule has 70 valence electrons. The largest absolute Gasteiger partial charge is 0.321 e. The van der Waals surface area contributed by atoms with Gasteiger partial charge in [0.15, 0.2) is 0 Å². The first-order valence-corrected chi connectivity index (χ1v) is 4.59. The second-order valence-electron chi connectivity index (χ2n) is 4.10. The summed E-state index contributed by atoms with van der Waals surface area (Å²) in [7, 11) is 0. The molecule has 0 heterocycles. The van der Waals surface area contributed by atoms with Crippen LogP contribution in [0.25, 0.3) is 0 Å². The van der Waals surface area contributed by atoms with Crippen LogP contribution in [-0.2, 0) is 5.54 Å². The molecular formula is C11H14FN. The third kappa shape index (κ3) is 1.35. The molecule has 0 aromatic heterocycles. The molecule has 0 amide bonds. The van der Waals surface area contributed by atoms with Gasteiger partial charge in [-0.1, -0.05) is 17.7 Å². The summed E-state index contributed by atoms with van der Waals surface area (Å²) in [4.78, 5) is 0. The lowest BCUT2D eigenvalue weighted by Gasteiger charge is -2.13. The Morgan fingerprint density at radius 1 is 1.31 bits per heavy atom. The minimum atomic E-state index is -0.360. The SMILES string of the molecule is Cc1cc(C)c(F)c(C2(N)CC2)c1. The summed E-state index contributed by atoms with van der Waals surface area (Å²) >= 11 is 0. The summed E-state index contributed by atoms with van der Waals surface area (Å²) < 4.78 is 13.6. The van der Waals surface area contributed by atoms with E-state index in [0.29, 0.717) is 11.1 Å². The van der Waals surface area contributed by atoms with Gasteiger partial charge in [0.2, 0.25) is 0 Å². The maximum absolute atomic E-state index is 13.6. The number of halogens is 1. The second-order valence-corrected chi connectivity index (χ2v) is 4.10. The van der Waals surface area contributed by atoms with E-state index in [1.807, 2.05) is 19.1 Å². The highest BCUT2D eigenvalue weighted by molar-refractivity contribution is 5.38. The van der Waals surface area contributed by atoms with Crippen LogP contribution in [0.1, 0.15) is 29.5 Å². The average molecular weight is 179 g/mol. The van der Waals surface area contributed by atoms with Crippen molar-refractivity contribution in [3.8, 4) is 0 Å². The quantitative estimate of drug-likeness (QED) is 0.703. The Morgan fingerprint density at radius 3 is 2.46 bits per heavy atom. The molecule has 0 bridgehead atoms. The molecule has 1 aromatic rings. The zero-order valence-electron chi connectivity index (χ0n) is 8.02. The van der Waals surface area contributed by atoms with E-state index in [4.69, 9.17) is 5.73 Å². The maximum atomic E-state index is 13.6. The Morgan fingerprint density at radius 2 is 1.92 bits per heavy atom. The molecule has 1 aliphatic rings. The monoisotopic (exact) mass is 179 g/mol. The van der Waals surface area contributed by atoms with E-state index in [1.54, 1.807) is 6.92 Å². The van der Waals surface area contributed by atoms with Gasteiger partial charge in [-0.25, -0.2) is 4.39 Å². The van der Waals surface area contributed by atoms with Gasteiger partial charge in [0, 0.05) is 11.1 Å². The molecule has 0 aliphatic heterocycles. The normalized spacial score (nSPS) is 18.8. The lowest BCUT2D eigenvalue weighted by molar-refractivity contribution is 0.570. The fraction of sp³-hybridized carbons (Fsp3) is 0.455. The van der Waals surface area contributed by atoms with E-state index >= 15 is 0 Å². The predicted octanol–water partition coefficient (Wildman–Crippen LogP) is 2.39. The molecule has 0 unspecified atom stereocenters. The highest BCUT2D eigenvalue weighted by atomic mass is 19.1. The standard InChI is InChI=1S/C11H14FN/c1-7-5-8(2)10(12)9(6-7)11(13)3-4-11/h5-6H,3-4,13H2,1-2H3. The predicted molar refractivity (Wildman–Crippen MR) is 51.0 cm³/mol. The van der Waals surface area contributed by atoms with Gasteiger partial charge >= 0.3 is 0 Å². The third-order valence-corrected chi connectivity index (χ3v) is 2.72. The van der Waals surface area contributed by atoms with Crippen LogP contribution >= 0.6 is 0 Å². The van der Waals surface area contributed by atoms with Crippen LogP contribution in [0.2, 0.25) is 0 Å². The number of benzene rings is 1. The molecule has 0 saturated heterocycles. The van der Waals surface area contributed by atoms with Gasteiger partial charge in [-0.2, -0.15) is 0 Å². The Labute approximate surface area is 77.8 Å². The molecule has 1 nitrogen and oxygen atoms in total. The first-order chi connectivity index (χ1) is 6.03. The summed E-state index contributed by atoms with van der Waals surface area (Å²) in [6.45, 7) is 3.76. The Kier molecular flexibility index (Phi) is 1.70. The molecule has 1 saturated carbocycles. The van der Waals surface area contributed by atoms with Crippen LogP contribution in [0.5, 0.6) is 0 Å². The molecule has 1 aromatic carbocycles. The van der Waals surface area contributed by atoms with E-state index in [-0.39, 0.29) is 11.4 Å². The highest BCUT2D eigenvalue weighted by Crippen LogP contribution is 2.44. The molecule has 2 heteroatoms. The van der Waals surface area contributed by atoms with E-state index in [2.05, 4.69) is 0 Å². The maximum Gasteiger partial charge on any atom is 0.131 e. The molecule has 1 fully saturated rings.